The molecule has 1 aliphatic rings. The molecule has 0 saturated carbocycles. The van der Waals surface area contributed by atoms with Gasteiger partial charge in [0.2, 0.25) is 0 Å². The molecule has 4 aromatic carbocycles. The van der Waals surface area contributed by atoms with Crippen molar-refractivity contribution in [3.05, 3.63) is 127 Å². The van der Waals surface area contributed by atoms with Crippen LogP contribution < -0.4 is 9.64 Å². The SMILES string of the molecule is CCc1ccc(N=C2S/C(=C\c3ccc(OCc4ccc(Br)cc4)c(Br)c3)C(=O)N2c2ccc(CC)cc2)cc1. The van der Waals surface area contributed by atoms with Crippen molar-refractivity contribution in [1.82, 2.24) is 0 Å². The molecule has 202 valence electrons. The van der Waals surface area contributed by atoms with Crippen molar-refractivity contribution in [2.75, 3.05) is 4.90 Å². The number of rotatable bonds is 8. The van der Waals surface area contributed by atoms with Gasteiger partial charge in [0, 0.05) is 4.47 Å². The van der Waals surface area contributed by atoms with Crippen molar-refractivity contribution < 1.29 is 9.53 Å². The fourth-order valence-electron chi connectivity index (χ4n) is 4.19. The average Bonchev–Trinajstić information content (AvgIpc) is 3.27. The molecular weight excluding hydrogens is 648 g/mol. The summed E-state index contributed by atoms with van der Waals surface area (Å²) in [5.41, 5.74) is 6.08. The Balaban J connectivity index is 1.41. The van der Waals surface area contributed by atoms with Crippen LogP contribution in [-0.2, 0) is 24.2 Å². The molecule has 1 amide bonds. The van der Waals surface area contributed by atoms with Crippen LogP contribution in [0.1, 0.15) is 36.1 Å². The van der Waals surface area contributed by atoms with Crippen LogP contribution in [0.4, 0.5) is 11.4 Å². The number of ether oxygens (including phenoxy) is 1. The highest BCUT2D eigenvalue weighted by Crippen LogP contribution is 2.38. The first-order chi connectivity index (χ1) is 19.4. The van der Waals surface area contributed by atoms with Crippen LogP contribution in [0.5, 0.6) is 5.75 Å². The van der Waals surface area contributed by atoms with Gasteiger partial charge in [0.05, 0.1) is 20.8 Å². The van der Waals surface area contributed by atoms with E-state index in [1.807, 2.05) is 72.8 Å². The number of benzene rings is 4. The Morgan fingerprint density at radius 1 is 0.825 bits per heavy atom. The van der Waals surface area contributed by atoms with Gasteiger partial charge in [-0.05, 0) is 117 Å². The van der Waals surface area contributed by atoms with Gasteiger partial charge in [-0.1, -0.05) is 72.2 Å². The minimum Gasteiger partial charge on any atom is -0.488 e. The maximum Gasteiger partial charge on any atom is 0.271 e. The lowest BCUT2D eigenvalue weighted by Gasteiger charge is -2.16. The number of thioether (sulfide) groups is 1. The minimum atomic E-state index is -0.0927. The van der Waals surface area contributed by atoms with Gasteiger partial charge in [-0.25, -0.2) is 4.99 Å². The van der Waals surface area contributed by atoms with Gasteiger partial charge in [-0.15, -0.1) is 0 Å². The number of carbonyl (C=O) groups is 1. The van der Waals surface area contributed by atoms with Crippen LogP contribution in [0.15, 0.2) is 110 Å². The summed E-state index contributed by atoms with van der Waals surface area (Å²) in [4.78, 5) is 20.9. The zero-order valence-corrected chi connectivity index (χ0v) is 26.2. The number of halogens is 2. The van der Waals surface area contributed by atoms with E-state index in [1.54, 1.807) is 4.90 Å². The van der Waals surface area contributed by atoms with Gasteiger partial charge in [0.1, 0.15) is 12.4 Å². The molecule has 4 aromatic rings. The molecule has 0 aromatic heterocycles. The summed E-state index contributed by atoms with van der Waals surface area (Å²) in [5.74, 6) is 0.649. The van der Waals surface area contributed by atoms with Gasteiger partial charge in [0.15, 0.2) is 5.17 Å². The first-order valence-corrected chi connectivity index (χ1v) is 15.5. The molecule has 0 aliphatic carbocycles. The van der Waals surface area contributed by atoms with Crippen molar-refractivity contribution in [1.29, 1.82) is 0 Å². The molecule has 40 heavy (non-hydrogen) atoms. The number of amidine groups is 1. The molecule has 0 radical (unpaired) electrons. The van der Waals surface area contributed by atoms with E-state index in [1.165, 1.54) is 22.9 Å². The van der Waals surface area contributed by atoms with Crippen LogP contribution in [0, 0.1) is 0 Å². The van der Waals surface area contributed by atoms with E-state index in [-0.39, 0.29) is 5.91 Å². The maximum atomic E-state index is 13.7. The highest BCUT2D eigenvalue weighted by molar-refractivity contribution is 9.10. The van der Waals surface area contributed by atoms with Gasteiger partial charge in [-0.2, -0.15) is 0 Å². The van der Waals surface area contributed by atoms with E-state index in [2.05, 4.69) is 70.0 Å². The second-order valence-electron chi connectivity index (χ2n) is 9.29. The molecule has 1 heterocycles. The first-order valence-electron chi connectivity index (χ1n) is 13.1. The maximum absolute atomic E-state index is 13.7. The molecular formula is C33H28Br2N2O2S. The number of amides is 1. The predicted octanol–water partition coefficient (Wildman–Crippen LogP) is 9.72. The van der Waals surface area contributed by atoms with Gasteiger partial charge < -0.3 is 4.74 Å². The Labute approximate surface area is 256 Å². The molecule has 1 saturated heterocycles. The molecule has 1 fully saturated rings. The zero-order chi connectivity index (χ0) is 28.1. The average molecular weight is 676 g/mol. The topological polar surface area (TPSA) is 41.9 Å². The van der Waals surface area contributed by atoms with Gasteiger partial charge in [0.25, 0.3) is 5.91 Å². The number of nitrogens with zero attached hydrogens (tertiary/aromatic N) is 2. The van der Waals surface area contributed by atoms with Crippen molar-refractivity contribution in [3.63, 3.8) is 0 Å². The standard InChI is InChI=1S/C33H28Br2N2O2S/c1-3-22-7-14-27(15-8-22)36-33-37(28-16-9-23(4-2)10-17-28)32(38)31(40-33)20-25-11-18-30(29(35)19-25)39-21-24-5-12-26(34)13-6-24/h5-20H,3-4,21H2,1-2H3/b31-20-,36-33?. The first kappa shape index (κ1) is 28.4. The van der Waals surface area contributed by atoms with Gasteiger partial charge >= 0.3 is 0 Å². The van der Waals surface area contributed by atoms with Gasteiger partial charge in [-0.3, -0.25) is 9.69 Å². The summed E-state index contributed by atoms with van der Waals surface area (Å²) in [6.07, 6.45) is 3.82. The monoisotopic (exact) mass is 674 g/mol. The molecule has 7 heteroatoms. The fourth-order valence-corrected chi connectivity index (χ4v) is 5.97. The molecule has 0 unspecified atom stereocenters. The Morgan fingerprint density at radius 2 is 1.45 bits per heavy atom. The third-order valence-corrected chi connectivity index (χ3v) is 8.66. The largest absolute Gasteiger partial charge is 0.488 e. The van der Waals surface area contributed by atoms with Crippen molar-refractivity contribution in [3.8, 4) is 5.75 Å². The molecule has 0 bridgehead atoms. The van der Waals surface area contributed by atoms with Crippen molar-refractivity contribution in [2.45, 2.75) is 33.3 Å². The quantitative estimate of drug-likeness (QED) is 0.175. The molecule has 1 aliphatic heterocycles. The second kappa shape index (κ2) is 13.0. The third kappa shape index (κ3) is 6.77. The van der Waals surface area contributed by atoms with E-state index in [4.69, 9.17) is 9.73 Å². The van der Waals surface area contributed by atoms with E-state index in [0.29, 0.717) is 16.7 Å². The van der Waals surface area contributed by atoms with E-state index < -0.39 is 0 Å². The van der Waals surface area contributed by atoms with E-state index >= 15 is 0 Å². The normalized spacial score (nSPS) is 15.3. The van der Waals surface area contributed by atoms with E-state index in [9.17, 15) is 4.79 Å². The summed E-state index contributed by atoms with van der Waals surface area (Å²) in [6, 6.07) is 30.2. The lowest BCUT2D eigenvalue weighted by Crippen LogP contribution is -2.28. The molecule has 0 N–H and O–H groups in total. The Kier molecular flexibility index (Phi) is 9.25. The summed E-state index contributed by atoms with van der Waals surface area (Å²) < 4.78 is 7.88. The molecule has 0 spiro atoms. The molecule has 5 rings (SSSR count). The summed E-state index contributed by atoms with van der Waals surface area (Å²) in [7, 11) is 0. The Morgan fingerprint density at radius 3 is 2.08 bits per heavy atom. The number of hydrogen-bond donors (Lipinski definition) is 0. The summed E-state index contributed by atoms with van der Waals surface area (Å²) in [6.45, 7) is 4.71. The minimum absolute atomic E-state index is 0.0927. The smallest absolute Gasteiger partial charge is 0.271 e. The number of anilines is 1. The predicted molar refractivity (Wildman–Crippen MR) is 174 cm³/mol. The Bertz CT molecular complexity index is 1560. The van der Waals surface area contributed by atoms with E-state index in [0.717, 1.165) is 50.0 Å². The van der Waals surface area contributed by atoms with Crippen molar-refractivity contribution in [2.24, 2.45) is 4.99 Å². The van der Waals surface area contributed by atoms with Crippen LogP contribution >= 0.6 is 43.6 Å². The number of carbonyl (C=O) groups excluding carboxylic acids is 1. The second-order valence-corrected chi connectivity index (χ2v) is 12.1. The molecule has 0 atom stereocenters. The lowest BCUT2D eigenvalue weighted by atomic mass is 10.1. The van der Waals surface area contributed by atoms with Crippen molar-refractivity contribution >= 4 is 72.1 Å². The summed E-state index contributed by atoms with van der Waals surface area (Å²) in [5, 5.41) is 0.637. The lowest BCUT2D eigenvalue weighted by molar-refractivity contribution is -0.113. The zero-order valence-electron chi connectivity index (χ0n) is 22.2. The van der Waals surface area contributed by atoms with Crippen LogP contribution in [0.2, 0.25) is 0 Å². The highest BCUT2D eigenvalue weighted by Gasteiger charge is 2.34. The number of aliphatic imine (C=N–C) groups is 1. The Hall–Kier alpha value is -3.13. The summed E-state index contributed by atoms with van der Waals surface area (Å²) >= 11 is 8.49. The van der Waals surface area contributed by atoms with Crippen LogP contribution in [-0.4, -0.2) is 11.1 Å². The third-order valence-electron chi connectivity index (χ3n) is 6.54. The fraction of sp³-hybridized carbons (Fsp3) is 0.152. The number of aryl methyl sites for hydroxylation is 2. The highest BCUT2D eigenvalue weighted by atomic mass is 79.9. The number of hydrogen-bond acceptors (Lipinski definition) is 4. The molecule has 4 nitrogen and oxygen atoms in total. The van der Waals surface area contributed by atoms with Crippen LogP contribution in [0.25, 0.3) is 6.08 Å². The van der Waals surface area contributed by atoms with Crippen LogP contribution in [0.3, 0.4) is 0 Å².